The van der Waals surface area contributed by atoms with Gasteiger partial charge in [0, 0.05) is 18.4 Å². The van der Waals surface area contributed by atoms with Crippen molar-refractivity contribution >= 4 is 21.8 Å². The average molecular weight is 352 g/mol. The molecule has 0 aliphatic heterocycles. The van der Waals surface area contributed by atoms with Crippen LogP contribution in [-0.4, -0.2) is 29.2 Å². The molecular formula is C14H17BrF3NO. The molecule has 0 aromatic heterocycles. The third kappa shape index (κ3) is 4.51. The quantitative estimate of drug-likeness (QED) is 0.698. The van der Waals surface area contributed by atoms with Gasteiger partial charge in [0.15, 0.2) is 0 Å². The second-order valence-electron chi connectivity index (χ2n) is 4.38. The van der Waals surface area contributed by atoms with Crippen molar-refractivity contribution in [2.45, 2.75) is 25.9 Å². The fraction of sp³-hybridized carbons (Fsp3) is 0.500. The number of alkyl halides is 4. The molecule has 20 heavy (non-hydrogen) atoms. The maximum atomic E-state index is 12.9. The van der Waals surface area contributed by atoms with E-state index in [1.54, 1.807) is 0 Å². The number of carbonyl (C=O) groups is 1. The third-order valence-corrected chi connectivity index (χ3v) is 3.24. The minimum atomic E-state index is -4.52. The number of nitrogens with zero attached hydrogens (tertiary/aromatic N) is 1. The first kappa shape index (κ1) is 17.0. The minimum Gasteiger partial charge on any atom is -0.338 e. The number of carbonyl (C=O) groups excluding carboxylic acids is 1. The van der Waals surface area contributed by atoms with Crippen molar-refractivity contribution in [1.82, 2.24) is 4.90 Å². The molecule has 1 aromatic carbocycles. The summed E-state index contributed by atoms with van der Waals surface area (Å²) in [6.07, 6.45) is -2.86. The zero-order chi connectivity index (χ0) is 15.2. The highest BCUT2D eigenvalue weighted by molar-refractivity contribution is 9.09. The molecule has 0 aliphatic carbocycles. The predicted molar refractivity (Wildman–Crippen MR) is 76.0 cm³/mol. The second-order valence-corrected chi connectivity index (χ2v) is 5.17. The van der Waals surface area contributed by atoms with Crippen LogP contribution < -0.4 is 0 Å². The van der Waals surface area contributed by atoms with Gasteiger partial charge in [-0.05, 0) is 18.6 Å². The largest absolute Gasteiger partial charge is 0.417 e. The van der Waals surface area contributed by atoms with Crippen LogP contribution in [0.3, 0.4) is 0 Å². The van der Waals surface area contributed by atoms with E-state index in [9.17, 15) is 18.0 Å². The van der Waals surface area contributed by atoms with E-state index in [1.807, 2.05) is 6.92 Å². The van der Waals surface area contributed by atoms with Gasteiger partial charge in [0.1, 0.15) is 0 Å². The van der Waals surface area contributed by atoms with Gasteiger partial charge < -0.3 is 4.90 Å². The summed E-state index contributed by atoms with van der Waals surface area (Å²) in [5, 5.41) is 0.538. The second kappa shape index (κ2) is 7.67. The van der Waals surface area contributed by atoms with Crippen LogP contribution in [0, 0.1) is 0 Å². The van der Waals surface area contributed by atoms with Crippen LogP contribution in [0.5, 0.6) is 0 Å². The highest BCUT2D eigenvalue weighted by Crippen LogP contribution is 2.32. The first-order valence-corrected chi connectivity index (χ1v) is 7.55. The van der Waals surface area contributed by atoms with E-state index < -0.39 is 17.6 Å². The Labute approximate surface area is 125 Å². The smallest absolute Gasteiger partial charge is 0.338 e. The standard InChI is InChI=1S/C14H17BrF3NO/c1-2-3-9-19(10-8-15)13(20)11-6-4-5-7-12(11)14(16,17)18/h4-7H,2-3,8-10H2,1H3. The molecule has 0 unspecified atom stereocenters. The van der Waals surface area contributed by atoms with Gasteiger partial charge in [0.05, 0.1) is 11.1 Å². The zero-order valence-corrected chi connectivity index (χ0v) is 12.8. The zero-order valence-electron chi connectivity index (χ0n) is 11.2. The fourth-order valence-electron chi connectivity index (χ4n) is 1.85. The summed E-state index contributed by atoms with van der Waals surface area (Å²) in [5.74, 6) is -0.564. The molecule has 1 amide bonds. The highest BCUT2D eigenvalue weighted by atomic mass is 79.9. The van der Waals surface area contributed by atoms with Crippen molar-refractivity contribution in [1.29, 1.82) is 0 Å². The summed E-state index contributed by atoms with van der Waals surface area (Å²) < 4.78 is 38.8. The Morgan fingerprint density at radius 2 is 1.90 bits per heavy atom. The molecule has 0 spiro atoms. The van der Waals surface area contributed by atoms with Crippen LogP contribution in [0.15, 0.2) is 24.3 Å². The topological polar surface area (TPSA) is 20.3 Å². The molecule has 0 atom stereocenters. The van der Waals surface area contributed by atoms with Gasteiger partial charge in [-0.3, -0.25) is 4.79 Å². The summed E-state index contributed by atoms with van der Waals surface area (Å²) in [6.45, 7) is 2.83. The summed E-state index contributed by atoms with van der Waals surface area (Å²) in [4.78, 5) is 13.8. The predicted octanol–water partition coefficient (Wildman–Crippen LogP) is 4.34. The van der Waals surface area contributed by atoms with Crippen LogP contribution in [-0.2, 0) is 6.18 Å². The van der Waals surface area contributed by atoms with E-state index in [4.69, 9.17) is 0 Å². The Morgan fingerprint density at radius 3 is 2.45 bits per heavy atom. The number of hydrogen-bond acceptors (Lipinski definition) is 1. The molecule has 0 bridgehead atoms. The Hall–Kier alpha value is -1.04. The Kier molecular flexibility index (Phi) is 6.52. The molecule has 0 radical (unpaired) electrons. The van der Waals surface area contributed by atoms with Gasteiger partial charge in [0.25, 0.3) is 5.91 Å². The van der Waals surface area contributed by atoms with Crippen LogP contribution in [0.2, 0.25) is 0 Å². The molecule has 0 saturated heterocycles. The lowest BCUT2D eigenvalue weighted by Gasteiger charge is -2.23. The van der Waals surface area contributed by atoms with Crippen molar-refractivity contribution in [3.8, 4) is 0 Å². The van der Waals surface area contributed by atoms with Crippen molar-refractivity contribution in [2.75, 3.05) is 18.4 Å². The molecule has 2 nitrogen and oxygen atoms in total. The van der Waals surface area contributed by atoms with E-state index >= 15 is 0 Å². The maximum Gasteiger partial charge on any atom is 0.417 e. The van der Waals surface area contributed by atoms with Crippen molar-refractivity contribution < 1.29 is 18.0 Å². The van der Waals surface area contributed by atoms with Crippen molar-refractivity contribution in [3.63, 3.8) is 0 Å². The average Bonchev–Trinajstić information content (AvgIpc) is 2.42. The molecule has 112 valence electrons. The lowest BCUT2D eigenvalue weighted by molar-refractivity contribution is -0.138. The number of halogens is 4. The van der Waals surface area contributed by atoms with Crippen LogP contribution in [0.1, 0.15) is 35.7 Å². The van der Waals surface area contributed by atoms with Gasteiger partial charge in [0.2, 0.25) is 0 Å². The first-order valence-electron chi connectivity index (χ1n) is 6.43. The van der Waals surface area contributed by atoms with Crippen LogP contribution in [0.25, 0.3) is 0 Å². The van der Waals surface area contributed by atoms with Crippen molar-refractivity contribution in [2.24, 2.45) is 0 Å². The lowest BCUT2D eigenvalue weighted by Crippen LogP contribution is -2.34. The number of hydrogen-bond donors (Lipinski definition) is 0. The van der Waals surface area contributed by atoms with Gasteiger partial charge in [-0.15, -0.1) is 0 Å². The van der Waals surface area contributed by atoms with E-state index in [2.05, 4.69) is 15.9 Å². The van der Waals surface area contributed by atoms with Gasteiger partial charge in [-0.1, -0.05) is 41.4 Å². The molecule has 0 heterocycles. The van der Waals surface area contributed by atoms with Crippen LogP contribution >= 0.6 is 15.9 Å². The lowest BCUT2D eigenvalue weighted by atomic mass is 10.1. The van der Waals surface area contributed by atoms with Gasteiger partial charge >= 0.3 is 6.18 Å². The summed E-state index contributed by atoms with van der Waals surface area (Å²) in [5.41, 5.74) is -1.15. The van der Waals surface area contributed by atoms with E-state index in [-0.39, 0.29) is 5.56 Å². The number of rotatable bonds is 6. The Balaban J connectivity index is 3.05. The van der Waals surface area contributed by atoms with Gasteiger partial charge in [-0.25, -0.2) is 0 Å². The van der Waals surface area contributed by atoms with E-state index in [0.29, 0.717) is 18.4 Å². The summed E-state index contributed by atoms with van der Waals surface area (Å²) in [6, 6.07) is 4.92. The molecule has 1 aromatic rings. The number of amides is 1. The molecule has 0 saturated carbocycles. The SMILES string of the molecule is CCCCN(CCBr)C(=O)c1ccccc1C(F)(F)F. The summed E-state index contributed by atoms with van der Waals surface area (Å²) in [7, 11) is 0. The highest BCUT2D eigenvalue weighted by Gasteiger charge is 2.35. The first-order chi connectivity index (χ1) is 9.41. The molecule has 0 aliphatic rings. The Morgan fingerprint density at radius 1 is 1.25 bits per heavy atom. The fourth-order valence-corrected chi connectivity index (χ4v) is 2.28. The van der Waals surface area contributed by atoms with Crippen LogP contribution in [0.4, 0.5) is 13.2 Å². The van der Waals surface area contributed by atoms with Gasteiger partial charge in [-0.2, -0.15) is 13.2 Å². The molecule has 0 N–H and O–H groups in total. The monoisotopic (exact) mass is 351 g/mol. The third-order valence-electron chi connectivity index (χ3n) is 2.89. The molecule has 1 rings (SSSR count). The van der Waals surface area contributed by atoms with E-state index in [1.165, 1.54) is 23.1 Å². The normalized spacial score (nSPS) is 11.4. The van der Waals surface area contributed by atoms with Crippen molar-refractivity contribution in [3.05, 3.63) is 35.4 Å². The molecular weight excluding hydrogens is 335 g/mol. The minimum absolute atomic E-state index is 0.281. The maximum absolute atomic E-state index is 12.9. The molecule has 6 heteroatoms. The number of unbranched alkanes of at least 4 members (excludes halogenated alkanes) is 1. The van der Waals surface area contributed by atoms with E-state index in [0.717, 1.165) is 18.9 Å². The molecule has 0 fully saturated rings. The Bertz CT molecular complexity index is 448. The summed E-state index contributed by atoms with van der Waals surface area (Å²) >= 11 is 3.22. The number of benzene rings is 1.